The molecule has 0 aliphatic carbocycles. The highest BCUT2D eigenvalue weighted by Crippen LogP contribution is 2.43. The second-order valence-corrected chi connectivity index (χ2v) is 8.16. The minimum atomic E-state index is -0.738. The number of amides is 2. The molecule has 1 aromatic carbocycles. The highest BCUT2D eigenvalue weighted by molar-refractivity contribution is 8.00. The Morgan fingerprint density at radius 2 is 1.85 bits per heavy atom. The van der Waals surface area contributed by atoms with Crippen molar-refractivity contribution in [2.45, 2.75) is 30.5 Å². The van der Waals surface area contributed by atoms with Crippen molar-refractivity contribution in [1.82, 2.24) is 4.98 Å². The quantitative estimate of drug-likeness (QED) is 0.847. The van der Waals surface area contributed by atoms with E-state index in [-0.39, 0.29) is 17.5 Å². The predicted octanol–water partition coefficient (Wildman–Crippen LogP) is 3.31. The summed E-state index contributed by atoms with van der Waals surface area (Å²) in [5, 5.41) is 8.61. The number of imide groups is 1. The van der Waals surface area contributed by atoms with Gasteiger partial charge in [0.1, 0.15) is 16.2 Å². The van der Waals surface area contributed by atoms with Gasteiger partial charge in [-0.05, 0) is 36.6 Å². The third-order valence-electron chi connectivity index (χ3n) is 4.64. The minimum absolute atomic E-state index is 0.198. The summed E-state index contributed by atoms with van der Waals surface area (Å²) < 4.78 is 0. The molecule has 0 bridgehead atoms. The third kappa shape index (κ3) is 2.65. The summed E-state index contributed by atoms with van der Waals surface area (Å²) in [6.45, 7) is 4.26. The van der Waals surface area contributed by atoms with E-state index in [1.807, 2.05) is 18.2 Å². The van der Waals surface area contributed by atoms with Crippen molar-refractivity contribution in [3.05, 3.63) is 53.7 Å². The normalized spacial score (nSPS) is 22.0. The van der Waals surface area contributed by atoms with E-state index in [9.17, 15) is 9.59 Å². The molecule has 1 aromatic heterocycles. The van der Waals surface area contributed by atoms with Gasteiger partial charge in [-0.2, -0.15) is 0 Å². The van der Waals surface area contributed by atoms with Crippen molar-refractivity contribution in [3.63, 3.8) is 0 Å². The van der Waals surface area contributed by atoms with Crippen molar-refractivity contribution >= 4 is 35.0 Å². The highest BCUT2D eigenvalue weighted by atomic mass is 32.2. The van der Waals surface area contributed by atoms with Crippen LogP contribution in [-0.4, -0.2) is 27.8 Å². The first-order chi connectivity index (χ1) is 12.5. The van der Waals surface area contributed by atoms with Crippen LogP contribution in [0.1, 0.15) is 25.1 Å². The summed E-state index contributed by atoms with van der Waals surface area (Å²) in [5.41, 5.74) is 2.38. The Bertz CT molecular complexity index is 911. The highest BCUT2D eigenvalue weighted by Gasteiger charge is 2.53. The van der Waals surface area contributed by atoms with Crippen LogP contribution < -0.4 is 4.90 Å². The number of nitrogens with zero attached hydrogens (tertiary/aromatic N) is 2. The van der Waals surface area contributed by atoms with Gasteiger partial charge in [-0.1, -0.05) is 43.8 Å². The molecular weight excluding hydrogens is 346 g/mol. The standard InChI is InChI=1S/C20H19N3O2S/c1-11(2)10-12-8-9-14-16(21)15-17(26-18(14)22-12)20(25)23(19(15)24)13-6-4-3-5-7-13/h3-9,11,15,17,21H,10H2,1-2H3/t15-,17+/m0/s1. The van der Waals surface area contributed by atoms with Gasteiger partial charge in [0, 0.05) is 11.3 Å². The maximum Gasteiger partial charge on any atom is 0.248 e. The summed E-state index contributed by atoms with van der Waals surface area (Å²) in [6.07, 6.45) is 0.846. The summed E-state index contributed by atoms with van der Waals surface area (Å²) in [7, 11) is 0. The van der Waals surface area contributed by atoms with E-state index in [4.69, 9.17) is 5.41 Å². The number of pyridine rings is 1. The monoisotopic (exact) mass is 365 g/mol. The second-order valence-electron chi connectivity index (χ2n) is 7.03. The van der Waals surface area contributed by atoms with Crippen LogP contribution in [0.4, 0.5) is 5.69 Å². The molecule has 2 amide bonds. The van der Waals surface area contributed by atoms with Gasteiger partial charge in [0.25, 0.3) is 0 Å². The van der Waals surface area contributed by atoms with Gasteiger partial charge in [0.2, 0.25) is 11.8 Å². The van der Waals surface area contributed by atoms with Crippen LogP contribution in [0.25, 0.3) is 0 Å². The lowest BCUT2D eigenvalue weighted by atomic mass is 9.94. The van der Waals surface area contributed by atoms with E-state index >= 15 is 0 Å². The average Bonchev–Trinajstić information content (AvgIpc) is 2.86. The van der Waals surface area contributed by atoms with Crippen LogP contribution in [0.3, 0.4) is 0 Å². The molecule has 2 aliphatic rings. The lowest BCUT2D eigenvalue weighted by molar-refractivity contribution is -0.121. The van der Waals surface area contributed by atoms with Crippen LogP contribution in [0.2, 0.25) is 0 Å². The number of carbonyl (C=O) groups excluding carboxylic acids is 2. The SMILES string of the molecule is CC(C)Cc1ccc2c(n1)S[C@H]1C(=O)N(c3ccccc3)C(=O)[C@H]1C2=N. The zero-order chi connectivity index (χ0) is 18.4. The number of aromatic nitrogens is 1. The molecule has 2 atom stereocenters. The molecule has 3 heterocycles. The number of para-hydroxylation sites is 1. The number of rotatable bonds is 3. The number of nitrogens with one attached hydrogen (secondary N) is 1. The van der Waals surface area contributed by atoms with Crippen LogP contribution in [0.5, 0.6) is 0 Å². The zero-order valence-corrected chi connectivity index (χ0v) is 15.4. The third-order valence-corrected chi connectivity index (χ3v) is 5.90. The van der Waals surface area contributed by atoms with E-state index in [0.717, 1.165) is 12.1 Å². The molecule has 4 rings (SSSR count). The number of carbonyl (C=O) groups is 2. The van der Waals surface area contributed by atoms with Crippen molar-refractivity contribution in [3.8, 4) is 0 Å². The molecule has 6 heteroatoms. The Kier molecular flexibility index (Phi) is 4.15. The van der Waals surface area contributed by atoms with Crippen LogP contribution in [-0.2, 0) is 16.0 Å². The van der Waals surface area contributed by atoms with Gasteiger partial charge in [-0.3, -0.25) is 9.59 Å². The first-order valence-electron chi connectivity index (χ1n) is 8.65. The van der Waals surface area contributed by atoms with Gasteiger partial charge in [-0.25, -0.2) is 9.88 Å². The maximum absolute atomic E-state index is 12.9. The summed E-state index contributed by atoms with van der Waals surface area (Å²) in [5.74, 6) is -0.842. The molecule has 2 aliphatic heterocycles. The first-order valence-corrected chi connectivity index (χ1v) is 9.53. The molecule has 5 nitrogen and oxygen atoms in total. The van der Waals surface area contributed by atoms with E-state index in [1.54, 1.807) is 24.3 Å². The second kappa shape index (κ2) is 6.36. The molecule has 1 N–H and O–H groups in total. The summed E-state index contributed by atoms with van der Waals surface area (Å²) in [4.78, 5) is 31.7. The maximum atomic E-state index is 12.9. The fraction of sp³-hybridized carbons (Fsp3) is 0.300. The Balaban J connectivity index is 1.71. The van der Waals surface area contributed by atoms with Gasteiger partial charge in [-0.15, -0.1) is 0 Å². The molecular formula is C20H19N3O2S. The van der Waals surface area contributed by atoms with Crippen LogP contribution >= 0.6 is 11.8 Å². The van der Waals surface area contributed by atoms with Gasteiger partial charge >= 0.3 is 0 Å². The fourth-order valence-corrected chi connectivity index (χ4v) is 4.78. The molecule has 2 aromatic rings. The fourth-order valence-electron chi connectivity index (χ4n) is 3.47. The molecule has 26 heavy (non-hydrogen) atoms. The molecule has 0 unspecified atom stereocenters. The number of thioether (sulfide) groups is 1. The molecule has 0 radical (unpaired) electrons. The lowest BCUT2D eigenvalue weighted by Crippen LogP contribution is -2.33. The van der Waals surface area contributed by atoms with E-state index in [1.165, 1.54) is 16.7 Å². The number of anilines is 1. The van der Waals surface area contributed by atoms with E-state index in [2.05, 4.69) is 18.8 Å². The molecule has 1 saturated heterocycles. The molecule has 1 fully saturated rings. The van der Waals surface area contributed by atoms with Crippen molar-refractivity contribution in [2.75, 3.05) is 4.90 Å². The number of fused-ring (bicyclic) bond motifs is 2. The smallest absolute Gasteiger partial charge is 0.248 e. The van der Waals surface area contributed by atoms with E-state index < -0.39 is 11.2 Å². The van der Waals surface area contributed by atoms with E-state index in [0.29, 0.717) is 22.2 Å². The Morgan fingerprint density at radius 3 is 2.54 bits per heavy atom. The molecule has 0 spiro atoms. The average molecular weight is 365 g/mol. The lowest BCUT2D eigenvalue weighted by Gasteiger charge is -2.24. The zero-order valence-electron chi connectivity index (χ0n) is 14.6. The predicted molar refractivity (Wildman–Crippen MR) is 102 cm³/mol. The Hall–Kier alpha value is -2.47. The number of hydrogen-bond donors (Lipinski definition) is 1. The van der Waals surface area contributed by atoms with Gasteiger partial charge in [0.15, 0.2) is 0 Å². The van der Waals surface area contributed by atoms with Crippen LogP contribution in [0, 0.1) is 17.2 Å². The molecule has 0 saturated carbocycles. The Morgan fingerprint density at radius 1 is 1.12 bits per heavy atom. The minimum Gasteiger partial charge on any atom is -0.304 e. The number of hydrogen-bond acceptors (Lipinski definition) is 5. The summed E-state index contributed by atoms with van der Waals surface area (Å²) >= 11 is 1.32. The van der Waals surface area contributed by atoms with Gasteiger partial charge < -0.3 is 5.41 Å². The largest absolute Gasteiger partial charge is 0.304 e. The first kappa shape index (κ1) is 17.0. The van der Waals surface area contributed by atoms with Crippen molar-refractivity contribution in [1.29, 1.82) is 5.41 Å². The van der Waals surface area contributed by atoms with Crippen LogP contribution in [0.15, 0.2) is 47.5 Å². The topological polar surface area (TPSA) is 74.1 Å². The number of benzene rings is 1. The van der Waals surface area contributed by atoms with Crippen molar-refractivity contribution in [2.24, 2.45) is 11.8 Å². The Labute approximate surface area is 156 Å². The molecule has 132 valence electrons. The van der Waals surface area contributed by atoms with Crippen molar-refractivity contribution < 1.29 is 9.59 Å². The van der Waals surface area contributed by atoms with Gasteiger partial charge in [0.05, 0.1) is 11.4 Å². The summed E-state index contributed by atoms with van der Waals surface area (Å²) in [6, 6.07) is 12.7.